The summed E-state index contributed by atoms with van der Waals surface area (Å²) in [6.45, 7) is 5.03. The van der Waals surface area contributed by atoms with Gasteiger partial charge < -0.3 is 5.32 Å². The first kappa shape index (κ1) is 13.0. The normalized spacial score (nSPS) is 11.1. The highest BCUT2D eigenvalue weighted by atomic mass is 79.9. The average Bonchev–Trinajstić information content (AvgIpc) is 2.92. The molecule has 0 aliphatic heterocycles. The second-order valence-electron chi connectivity index (χ2n) is 4.23. The molecule has 0 bridgehead atoms. The number of aryl methyl sites for hydroxylation is 2. The Hall–Kier alpha value is -0.980. The molecule has 3 aromatic rings. The number of nitrogens with one attached hydrogen (secondary N) is 1. The maximum Gasteiger partial charge on any atom is 0.138 e. The number of hydrogen-bond donors (Lipinski definition) is 1. The molecule has 0 spiro atoms. The van der Waals surface area contributed by atoms with E-state index in [1.165, 1.54) is 15.3 Å². The van der Waals surface area contributed by atoms with Crippen LogP contribution in [-0.4, -0.2) is 9.97 Å². The first-order valence-corrected chi connectivity index (χ1v) is 8.32. The molecular weight excluding hydrogens is 342 g/mol. The van der Waals surface area contributed by atoms with Crippen molar-refractivity contribution < 1.29 is 0 Å². The number of aromatic nitrogens is 2. The predicted octanol–water partition coefficient (Wildman–Crippen LogP) is 4.74. The third-order valence-corrected chi connectivity index (χ3v) is 6.11. The van der Waals surface area contributed by atoms with Crippen LogP contribution in [0.2, 0.25) is 0 Å². The standard InChI is InChI=1S/C13H12BrN3S2/c1-7-8(2)19-13-11(7)12(16-6-17-13)15-5-10-9(14)3-4-18-10/h3-4,6H,5H2,1-2H3,(H,15,16,17). The van der Waals surface area contributed by atoms with Crippen molar-refractivity contribution in [3.63, 3.8) is 0 Å². The molecule has 19 heavy (non-hydrogen) atoms. The molecule has 0 saturated carbocycles. The van der Waals surface area contributed by atoms with E-state index in [9.17, 15) is 0 Å². The molecule has 0 atom stereocenters. The fourth-order valence-electron chi connectivity index (χ4n) is 1.93. The van der Waals surface area contributed by atoms with E-state index < -0.39 is 0 Å². The minimum Gasteiger partial charge on any atom is -0.364 e. The highest BCUT2D eigenvalue weighted by Crippen LogP contribution is 2.33. The van der Waals surface area contributed by atoms with Gasteiger partial charge in [0.15, 0.2) is 0 Å². The Kier molecular flexibility index (Phi) is 3.56. The Morgan fingerprint density at radius 1 is 1.32 bits per heavy atom. The highest BCUT2D eigenvalue weighted by molar-refractivity contribution is 9.10. The SMILES string of the molecule is Cc1sc2ncnc(NCc3sccc3Br)c2c1C. The molecule has 3 nitrogen and oxygen atoms in total. The number of halogens is 1. The van der Waals surface area contributed by atoms with Gasteiger partial charge in [-0.25, -0.2) is 9.97 Å². The summed E-state index contributed by atoms with van der Waals surface area (Å²) in [6, 6.07) is 2.07. The van der Waals surface area contributed by atoms with E-state index in [0.29, 0.717) is 0 Å². The largest absolute Gasteiger partial charge is 0.364 e. The monoisotopic (exact) mass is 353 g/mol. The van der Waals surface area contributed by atoms with Gasteiger partial charge >= 0.3 is 0 Å². The van der Waals surface area contributed by atoms with Crippen molar-refractivity contribution in [2.24, 2.45) is 0 Å². The fourth-order valence-corrected chi connectivity index (χ4v) is 4.36. The van der Waals surface area contributed by atoms with Gasteiger partial charge in [0.25, 0.3) is 0 Å². The van der Waals surface area contributed by atoms with Crippen LogP contribution in [0.1, 0.15) is 15.3 Å². The number of rotatable bonds is 3. The van der Waals surface area contributed by atoms with Crippen molar-refractivity contribution in [2.75, 3.05) is 5.32 Å². The number of fused-ring (bicyclic) bond motifs is 1. The van der Waals surface area contributed by atoms with Gasteiger partial charge in [-0.15, -0.1) is 22.7 Å². The molecular formula is C13H12BrN3S2. The highest BCUT2D eigenvalue weighted by Gasteiger charge is 2.12. The third-order valence-electron chi connectivity index (χ3n) is 3.07. The van der Waals surface area contributed by atoms with Gasteiger partial charge in [0.05, 0.1) is 11.9 Å². The fraction of sp³-hybridized carbons (Fsp3) is 0.231. The first-order chi connectivity index (χ1) is 9.16. The summed E-state index contributed by atoms with van der Waals surface area (Å²) in [5.74, 6) is 0.923. The second-order valence-corrected chi connectivity index (χ2v) is 7.29. The van der Waals surface area contributed by atoms with Crippen LogP contribution in [0.3, 0.4) is 0 Å². The minimum absolute atomic E-state index is 0.776. The molecule has 0 fully saturated rings. The van der Waals surface area contributed by atoms with E-state index in [2.05, 4.69) is 56.5 Å². The smallest absolute Gasteiger partial charge is 0.138 e. The Morgan fingerprint density at radius 3 is 2.89 bits per heavy atom. The van der Waals surface area contributed by atoms with Gasteiger partial charge in [0.1, 0.15) is 17.0 Å². The summed E-state index contributed by atoms with van der Waals surface area (Å²) in [6.07, 6.45) is 1.63. The minimum atomic E-state index is 0.776. The summed E-state index contributed by atoms with van der Waals surface area (Å²) in [5.41, 5.74) is 1.27. The molecule has 3 rings (SSSR count). The van der Waals surface area contributed by atoms with E-state index in [1.807, 2.05) is 0 Å². The molecule has 3 aromatic heterocycles. The van der Waals surface area contributed by atoms with Crippen molar-refractivity contribution in [1.29, 1.82) is 0 Å². The molecule has 0 unspecified atom stereocenters. The van der Waals surface area contributed by atoms with Gasteiger partial charge in [-0.3, -0.25) is 0 Å². The predicted molar refractivity (Wildman–Crippen MR) is 86.2 cm³/mol. The molecule has 1 N–H and O–H groups in total. The molecule has 6 heteroatoms. The van der Waals surface area contributed by atoms with E-state index in [4.69, 9.17) is 0 Å². The van der Waals surface area contributed by atoms with Gasteiger partial charge in [0.2, 0.25) is 0 Å². The molecule has 0 amide bonds. The van der Waals surface area contributed by atoms with E-state index in [1.54, 1.807) is 29.0 Å². The number of anilines is 1. The summed E-state index contributed by atoms with van der Waals surface area (Å²) in [5, 5.41) is 6.65. The zero-order valence-corrected chi connectivity index (χ0v) is 13.7. The van der Waals surface area contributed by atoms with E-state index in [0.717, 1.165) is 27.1 Å². The lowest BCUT2D eigenvalue weighted by Gasteiger charge is -2.06. The van der Waals surface area contributed by atoms with Crippen LogP contribution in [0.4, 0.5) is 5.82 Å². The lowest BCUT2D eigenvalue weighted by atomic mass is 10.2. The molecule has 98 valence electrons. The van der Waals surface area contributed by atoms with Gasteiger partial charge in [-0.1, -0.05) is 0 Å². The lowest BCUT2D eigenvalue weighted by molar-refractivity contribution is 1.12. The van der Waals surface area contributed by atoms with Crippen molar-refractivity contribution in [3.8, 4) is 0 Å². The Labute approximate surface area is 127 Å². The quantitative estimate of drug-likeness (QED) is 0.738. The molecule has 0 aliphatic carbocycles. The van der Waals surface area contributed by atoms with Crippen LogP contribution in [0.25, 0.3) is 10.2 Å². The molecule has 3 heterocycles. The molecule has 0 aliphatic rings. The maximum absolute atomic E-state index is 4.38. The molecule has 0 radical (unpaired) electrons. The molecule has 0 aromatic carbocycles. The Bertz CT molecular complexity index is 733. The van der Waals surface area contributed by atoms with E-state index >= 15 is 0 Å². The number of hydrogen-bond acceptors (Lipinski definition) is 5. The topological polar surface area (TPSA) is 37.8 Å². The van der Waals surface area contributed by atoms with Crippen molar-refractivity contribution in [3.05, 3.63) is 37.6 Å². The van der Waals surface area contributed by atoms with Crippen LogP contribution >= 0.6 is 38.6 Å². The lowest BCUT2D eigenvalue weighted by Crippen LogP contribution is -2.01. The van der Waals surface area contributed by atoms with Crippen LogP contribution in [0.15, 0.2) is 22.2 Å². The Morgan fingerprint density at radius 2 is 2.16 bits per heavy atom. The average molecular weight is 354 g/mol. The number of nitrogens with zero attached hydrogens (tertiary/aromatic N) is 2. The van der Waals surface area contributed by atoms with Crippen LogP contribution in [0, 0.1) is 13.8 Å². The van der Waals surface area contributed by atoms with Crippen LogP contribution in [0.5, 0.6) is 0 Å². The summed E-state index contributed by atoms with van der Waals surface area (Å²) in [4.78, 5) is 12.4. The zero-order chi connectivity index (χ0) is 13.4. The molecule has 0 saturated heterocycles. The number of thiophene rings is 2. The Balaban J connectivity index is 1.95. The summed E-state index contributed by atoms with van der Waals surface area (Å²) < 4.78 is 1.15. The van der Waals surface area contributed by atoms with Gasteiger partial charge in [0, 0.05) is 14.2 Å². The van der Waals surface area contributed by atoms with Gasteiger partial charge in [-0.05, 0) is 46.8 Å². The van der Waals surface area contributed by atoms with Crippen LogP contribution < -0.4 is 5.32 Å². The van der Waals surface area contributed by atoms with Crippen molar-refractivity contribution >= 4 is 54.6 Å². The second kappa shape index (κ2) is 5.19. The van der Waals surface area contributed by atoms with E-state index in [-0.39, 0.29) is 0 Å². The summed E-state index contributed by atoms with van der Waals surface area (Å²) >= 11 is 7.00. The van der Waals surface area contributed by atoms with Crippen LogP contribution in [-0.2, 0) is 6.54 Å². The van der Waals surface area contributed by atoms with Gasteiger partial charge in [-0.2, -0.15) is 0 Å². The zero-order valence-electron chi connectivity index (χ0n) is 10.5. The van der Waals surface area contributed by atoms with Crippen molar-refractivity contribution in [1.82, 2.24) is 9.97 Å². The first-order valence-electron chi connectivity index (χ1n) is 5.83. The van der Waals surface area contributed by atoms with Crippen molar-refractivity contribution in [2.45, 2.75) is 20.4 Å². The summed E-state index contributed by atoms with van der Waals surface area (Å²) in [7, 11) is 0. The maximum atomic E-state index is 4.38. The third kappa shape index (κ3) is 2.40.